The first-order valence-electron chi connectivity index (χ1n) is 12.1. The number of benzene rings is 1. The number of rotatable bonds is 3. The Morgan fingerprint density at radius 1 is 0.971 bits per heavy atom. The minimum absolute atomic E-state index is 0.115. The summed E-state index contributed by atoms with van der Waals surface area (Å²) in [5, 5.41) is 0. The third kappa shape index (κ3) is 5.31. The van der Waals surface area contributed by atoms with Crippen LogP contribution in [0.4, 0.5) is 10.5 Å². The monoisotopic (exact) mass is 479 g/mol. The number of nitrogens with zero attached hydrogens (tertiary/aromatic N) is 3. The summed E-state index contributed by atoms with van der Waals surface area (Å²) in [5.74, 6) is -0.265. The summed E-state index contributed by atoms with van der Waals surface area (Å²) in [4.78, 5) is 45.8. The zero-order valence-corrected chi connectivity index (χ0v) is 20.9. The molecule has 0 N–H and O–H groups in total. The Morgan fingerprint density at radius 2 is 1.66 bits per heavy atom. The fourth-order valence-corrected chi connectivity index (χ4v) is 4.84. The molecule has 2 fully saturated rings. The quantitative estimate of drug-likeness (QED) is 0.594. The molecule has 2 amide bonds. The SMILES string of the molecule is COC(=O)c1ccc(-c2ccc(N3CCCC4(CCN(C(=O)OC(C)(C)C)CC4)C3=O)cn2)cc1. The molecule has 2 aliphatic heterocycles. The molecule has 35 heavy (non-hydrogen) atoms. The van der Waals surface area contributed by atoms with E-state index in [-0.39, 0.29) is 18.0 Å². The van der Waals surface area contributed by atoms with Crippen LogP contribution in [-0.2, 0) is 14.3 Å². The van der Waals surface area contributed by atoms with Gasteiger partial charge in [0, 0.05) is 25.2 Å². The van der Waals surface area contributed by atoms with Crippen LogP contribution in [0.1, 0.15) is 56.8 Å². The maximum Gasteiger partial charge on any atom is 0.410 e. The van der Waals surface area contributed by atoms with Gasteiger partial charge in [0.2, 0.25) is 5.91 Å². The van der Waals surface area contributed by atoms with Crippen LogP contribution in [0.15, 0.2) is 42.6 Å². The lowest BCUT2D eigenvalue weighted by atomic mass is 9.71. The molecule has 1 aromatic carbocycles. The number of likely N-dealkylation sites (tertiary alicyclic amines) is 1. The number of esters is 1. The lowest BCUT2D eigenvalue weighted by Gasteiger charge is -2.46. The van der Waals surface area contributed by atoms with Gasteiger partial charge in [-0.2, -0.15) is 0 Å². The molecular formula is C27H33N3O5. The molecule has 1 aromatic heterocycles. The zero-order valence-electron chi connectivity index (χ0n) is 20.9. The molecule has 0 aliphatic carbocycles. The van der Waals surface area contributed by atoms with Gasteiger partial charge in [-0.3, -0.25) is 9.78 Å². The van der Waals surface area contributed by atoms with E-state index in [1.807, 2.05) is 49.9 Å². The highest BCUT2D eigenvalue weighted by molar-refractivity contribution is 5.98. The van der Waals surface area contributed by atoms with Gasteiger partial charge in [-0.05, 0) is 70.7 Å². The van der Waals surface area contributed by atoms with Crippen LogP contribution in [0, 0.1) is 5.41 Å². The normalized spacial score (nSPS) is 17.9. The number of methoxy groups -OCH3 is 1. The molecule has 186 valence electrons. The number of hydrogen-bond donors (Lipinski definition) is 0. The van der Waals surface area contributed by atoms with Crippen LogP contribution < -0.4 is 4.90 Å². The average molecular weight is 480 g/mol. The lowest BCUT2D eigenvalue weighted by molar-refractivity contribution is -0.133. The van der Waals surface area contributed by atoms with Crippen molar-refractivity contribution in [3.05, 3.63) is 48.2 Å². The molecular weight excluding hydrogens is 446 g/mol. The van der Waals surface area contributed by atoms with Gasteiger partial charge in [0.1, 0.15) is 5.60 Å². The third-order valence-corrected chi connectivity index (χ3v) is 6.77. The second kappa shape index (κ2) is 9.68. The highest BCUT2D eigenvalue weighted by atomic mass is 16.6. The maximum absolute atomic E-state index is 13.6. The number of piperidine rings is 2. The van der Waals surface area contributed by atoms with E-state index in [1.165, 1.54) is 7.11 Å². The van der Waals surface area contributed by atoms with E-state index < -0.39 is 11.0 Å². The number of aromatic nitrogens is 1. The number of carbonyl (C=O) groups excluding carboxylic acids is 3. The first-order chi connectivity index (χ1) is 16.6. The van der Waals surface area contributed by atoms with Crippen LogP contribution in [0.5, 0.6) is 0 Å². The predicted octanol–water partition coefficient (Wildman–Crippen LogP) is 4.68. The van der Waals surface area contributed by atoms with Gasteiger partial charge in [-0.1, -0.05) is 12.1 Å². The number of anilines is 1. The van der Waals surface area contributed by atoms with E-state index in [1.54, 1.807) is 23.2 Å². The molecule has 2 aromatic rings. The van der Waals surface area contributed by atoms with Gasteiger partial charge in [0.15, 0.2) is 0 Å². The van der Waals surface area contributed by atoms with E-state index in [0.717, 1.165) is 29.8 Å². The van der Waals surface area contributed by atoms with Gasteiger partial charge in [-0.15, -0.1) is 0 Å². The van der Waals surface area contributed by atoms with Crippen LogP contribution in [0.2, 0.25) is 0 Å². The number of hydrogen-bond acceptors (Lipinski definition) is 6. The van der Waals surface area contributed by atoms with Gasteiger partial charge in [-0.25, -0.2) is 9.59 Å². The maximum atomic E-state index is 13.6. The minimum atomic E-state index is -0.535. The van der Waals surface area contributed by atoms with Crippen LogP contribution in [0.25, 0.3) is 11.3 Å². The number of pyridine rings is 1. The summed E-state index contributed by atoms with van der Waals surface area (Å²) < 4.78 is 10.2. The van der Waals surface area contributed by atoms with Crippen molar-refractivity contribution in [2.24, 2.45) is 5.41 Å². The second-order valence-corrected chi connectivity index (χ2v) is 10.3. The molecule has 0 atom stereocenters. The number of carbonyl (C=O) groups is 3. The van der Waals surface area contributed by atoms with Crippen molar-refractivity contribution < 1.29 is 23.9 Å². The Bertz CT molecular complexity index is 1080. The number of ether oxygens (including phenoxy) is 2. The molecule has 0 bridgehead atoms. The summed E-state index contributed by atoms with van der Waals surface area (Å²) in [6.45, 7) is 7.27. The Hall–Kier alpha value is -3.42. The number of amides is 2. The van der Waals surface area contributed by atoms with Gasteiger partial charge >= 0.3 is 12.1 Å². The van der Waals surface area contributed by atoms with Crippen molar-refractivity contribution >= 4 is 23.7 Å². The molecule has 8 nitrogen and oxygen atoms in total. The van der Waals surface area contributed by atoms with Gasteiger partial charge in [0.25, 0.3) is 0 Å². The van der Waals surface area contributed by atoms with Gasteiger partial charge < -0.3 is 19.3 Å². The average Bonchev–Trinajstić information content (AvgIpc) is 2.85. The Labute approximate surface area is 206 Å². The second-order valence-electron chi connectivity index (χ2n) is 10.3. The van der Waals surface area contributed by atoms with Crippen molar-refractivity contribution in [3.63, 3.8) is 0 Å². The lowest BCUT2D eigenvalue weighted by Crippen LogP contribution is -2.55. The zero-order chi connectivity index (χ0) is 25.2. The molecule has 8 heteroatoms. The van der Waals surface area contributed by atoms with Crippen molar-refractivity contribution in [2.45, 2.75) is 52.1 Å². The van der Waals surface area contributed by atoms with Gasteiger partial charge in [0.05, 0.1) is 35.7 Å². The molecule has 2 aliphatic rings. The predicted molar refractivity (Wildman–Crippen MR) is 132 cm³/mol. The first kappa shape index (κ1) is 24.7. The van der Waals surface area contributed by atoms with Crippen molar-refractivity contribution in [2.75, 3.05) is 31.6 Å². The van der Waals surface area contributed by atoms with Crippen molar-refractivity contribution in [1.82, 2.24) is 9.88 Å². The van der Waals surface area contributed by atoms with E-state index in [9.17, 15) is 14.4 Å². The summed E-state index contributed by atoms with van der Waals surface area (Å²) in [5.41, 5.74) is 1.91. The summed E-state index contributed by atoms with van der Waals surface area (Å²) >= 11 is 0. The first-order valence-corrected chi connectivity index (χ1v) is 12.1. The van der Waals surface area contributed by atoms with Crippen LogP contribution in [0.3, 0.4) is 0 Å². The van der Waals surface area contributed by atoms with Crippen molar-refractivity contribution in [3.8, 4) is 11.3 Å². The Balaban J connectivity index is 1.43. The molecule has 0 unspecified atom stereocenters. The summed E-state index contributed by atoms with van der Waals surface area (Å²) in [6.07, 6.45) is 4.44. The highest BCUT2D eigenvalue weighted by Crippen LogP contribution is 2.42. The topological polar surface area (TPSA) is 89.0 Å². The largest absolute Gasteiger partial charge is 0.465 e. The fraction of sp³-hybridized carbons (Fsp3) is 0.481. The van der Waals surface area contributed by atoms with Crippen molar-refractivity contribution in [1.29, 1.82) is 0 Å². The van der Waals surface area contributed by atoms with E-state index in [0.29, 0.717) is 38.0 Å². The molecule has 0 saturated carbocycles. The standard InChI is InChI=1S/C27H33N3O5/c1-26(2,3)35-25(33)29-16-13-27(14-17-29)12-5-15-30(24(27)32)21-10-11-22(28-18-21)19-6-8-20(9-7-19)23(31)34-4/h6-11,18H,5,12-17H2,1-4H3. The summed E-state index contributed by atoms with van der Waals surface area (Å²) in [7, 11) is 1.35. The summed E-state index contributed by atoms with van der Waals surface area (Å²) in [6, 6.07) is 10.9. The molecule has 1 spiro atoms. The molecule has 2 saturated heterocycles. The molecule has 0 radical (unpaired) electrons. The fourth-order valence-electron chi connectivity index (χ4n) is 4.84. The minimum Gasteiger partial charge on any atom is -0.465 e. The van der Waals surface area contributed by atoms with Crippen LogP contribution in [-0.4, -0.2) is 60.2 Å². The van der Waals surface area contributed by atoms with Crippen LogP contribution >= 0.6 is 0 Å². The van der Waals surface area contributed by atoms with E-state index >= 15 is 0 Å². The smallest absolute Gasteiger partial charge is 0.410 e. The Kier molecular flexibility index (Phi) is 6.83. The molecule has 3 heterocycles. The third-order valence-electron chi connectivity index (χ3n) is 6.77. The van der Waals surface area contributed by atoms with E-state index in [2.05, 4.69) is 4.98 Å². The molecule has 4 rings (SSSR count). The van der Waals surface area contributed by atoms with E-state index in [4.69, 9.17) is 9.47 Å². The Morgan fingerprint density at radius 3 is 2.23 bits per heavy atom. The highest BCUT2D eigenvalue weighted by Gasteiger charge is 2.47.